The van der Waals surface area contributed by atoms with Gasteiger partial charge in [0.2, 0.25) is 11.8 Å². The Hall–Kier alpha value is -3.14. The first kappa shape index (κ1) is 26.9. The second-order valence-electron chi connectivity index (χ2n) is 10.4. The minimum absolute atomic E-state index is 0.00668. The fraction of sp³-hybridized carbons (Fsp3) is 0.630. The van der Waals surface area contributed by atoms with E-state index in [0.29, 0.717) is 49.9 Å². The maximum absolute atomic E-state index is 13.9. The van der Waals surface area contributed by atoms with Gasteiger partial charge < -0.3 is 36.5 Å². The third-order valence-electron chi connectivity index (χ3n) is 7.90. The van der Waals surface area contributed by atoms with Gasteiger partial charge in [-0.25, -0.2) is 0 Å². The number of carbonyl (C=O) groups excluding carboxylic acids is 3. The molecule has 202 valence electrons. The van der Waals surface area contributed by atoms with Gasteiger partial charge in [0, 0.05) is 13.0 Å². The maximum Gasteiger partial charge on any atom is 0.243 e. The molecular weight excluding hydrogens is 472 g/mol. The Bertz CT molecular complexity index is 951. The number of hydrogen-bond donors (Lipinski definition) is 4. The summed E-state index contributed by atoms with van der Waals surface area (Å²) in [5, 5.41) is 6.30. The highest BCUT2D eigenvalue weighted by Crippen LogP contribution is 2.38. The van der Waals surface area contributed by atoms with Crippen molar-refractivity contribution in [1.82, 2.24) is 15.5 Å². The molecule has 0 radical (unpaired) electrons. The van der Waals surface area contributed by atoms with Crippen molar-refractivity contribution in [2.45, 2.75) is 75.6 Å². The largest absolute Gasteiger partial charge is 0.488 e. The Kier molecular flexibility index (Phi) is 9.38. The van der Waals surface area contributed by atoms with Crippen molar-refractivity contribution < 1.29 is 19.1 Å². The lowest BCUT2D eigenvalue weighted by Crippen LogP contribution is -2.59. The summed E-state index contributed by atoms with van der Waals surface area (Å²) in [6.45, 7) is 1.52. The Morgan fingerprint density at radius 2 is 1.97 bits per heavy atom. The first-order valence-electron chi connectivity index (χ1n) is 13.5. The van der Waals surface area contributed by atoms with Crippen molar-refractivity contribution in [1.29, 1.82) is 0 Å². The number of hydrogen-bond acceptors (Lipinski definition) is 6. The van der Waals surface area contributed by atoms with E-state index < -0.39 is 12.1 Å². The average molecular weight is 513 g/mol. The van der Waals surface area contributed by atoms with Gasteiger partial charge in [-0.3, -0.25) is 14.6 Å². The molecule has 2 amide bonds. The van der Waals surface area contributed by atoms with Gasteiger partial charge in [0.05, 0.1) is 18.6 Å². The van der Waals surface area contributed by atoms with Crippen LogP contribution in [0, 0.1) is 11.8 Å². The number of ether oxygens (including phenoxy) is 1. The number of nitrogens with zero attached hydrogens (tertiary/aromatic N) is 2. The monoisotopic (exact) mass is 512 g/mol. The predicted octanol–water partition coefficient (Wildman–Crippen LogP) is 0.941. The molecule has 1 saturated carbocycles. The van der Waals surface area contributed by atoms with Crippen LogP contribution in [0.1, 0.15) is 51.4 Å². The van der Waals surface area contributed by atoms with Gasteiger partial charge in [-0.05, 0) is 56.2 Å². The van der Waals surface area contributed by atoms with E-state index in [2.05, 4.69) is 15.6 Å². The average Bonchev–Trinajstić information content (AvgIpc) is 3.34. The van der Waals surface area contributed by atoms with E-state index in [1.165, 1.54) is 12.8 Å². The molecule has 6 N–H and O–H groups in total. The molecule has 0 bridgehead atoms. The van der Waals surface area contributed by atoms with E-state index in [-0.39, 0.29) is 29.9 Å². The van der Waals surface area contributed by atoms with Gasteiger partial charge in [0.1, 0.15) is 24.2 Å². The van der Waals surface area contributed by atoms with Gasteiger partial charge in [0.25, 0.3) is 0 Å². The van der Waals surface area contributed by atoms with Gasteiger partial charge in [0.15, 0.2) is 5.96 Å². The maximum atomic E-state index is 13.9. The molecular formula is C27H40N6O4. The lowest BCUT2D eigenvalue weighted by atomic mass is 9.71. The Balaban J connectivity index is 1.46. The molecule has 10 nitrogen and oxygen atoms in total. The normalized spacial score (nSPS) is 28.0. The number of para-hydroxylation sites is 1. The van der Waals surface area contributed by atoms with Crippen LogP contribution in [0.2, 0.25) is 0 Å². The SMILES string of the molecule is NC(N)=NCCC[C@H](C=O)NC(=O)[C@@H]1C[C@H](Oc2ccccc2)CN1C(=O)[C@H]1NCC[C@H]2CCCC[C@H]21. The molecule has 2 heterocycles. The number of aldehydes is 1. The molecule has 2 saturated heterocycles. The third-order valence-corrected chi connectivity index (χ3v) is 7.90. The second-order valence-corrected chi connectivity index (χ2v) is 10.4. The second kappa shape index (κ2) is 12.9. The van der Waals surface area contributed by atoms with Crippen LogP contribution in [0.4, 0.5) is 0 Å². The summed E-state index contributed by atoms with van der Waals surface area (Å²) in [6.07, 6.45) is 7.38. The lowest BCUT2D eigenvalue weighted by molar-refractivity contribution is -0.143. The number of fused-ring (bicyclic) bond motifs is 1. The Morgan fingerprint density at radius 1 is 1.19 bits per heavy atom. The quantitative estimate of drug-likeness (QED) is 0.158. The first-order chi connectivity index (χ1) is 18.0. The van der Waals surface area contributed by atoms with E-state index in [4.69, 9.17) is 16.2 Å². The summed E-state index contributed by atoms with van der Waals surface area (Å²) in [5.74, 6) is 1.18. The smallest absolute Gasteiger partial charge is 0.243 e. The summed E-state index contributed by atoms with van der Waals surface area (Å²) in [5.41, 5.74) is 10.7. The van der Waals surface area contributed by atoms with Crippen molar-refractivity contribution in [3.63, 3.8) is 0 Å². The number of carbonyl (C=O) groups is 3. The molecule has 0 unspecified atom stereocenters. The summed E-state index contributed by atoms with van der Waals surface area (Å²) >= 11 is 0. The highest BCUT2D eigenvalue weighted by molar-refractivity contribution is 5.91. The zero-order chi connectivity index (χ0) is 26.2. The van der Waals surface area contributed by atoms with Gasteiger partial charge >= 0.3 is 0 Å². The Labute approximate surface area is 218 Å². The van der Waals surface area contributed by atoms with Crippen LogP contribution in [0.5, 0.6) is 5.75 Å². The Morgan fingerprint density at radius 3 is 2.73 bits per heavy atom. The van der Waals surface area contributed by atoms with Crippen molar-refractivity contribution in [3.8, 4) is 5.75 Å². The van der Waals surface area contributed by atoms with E-state index in [1.807, 2.05) is 30.3 Å². The van der Waals surface area contributed by atoms with Gasteiger partial charge in [-0.1, -0.05) is 37.5 Å². The predicted molar refractivity (Wildman–Crippen MR) is 141 cm³/mol. The number of amides is 2. The van der Waals surface area contributed by atoms with Crippen LogP contribution in [0.3, 0.4) is 0 Å². The topological polar surface area (TPSA) is 152 Å². The molecule has 4 rings (SSSR count). The highest BCUT2D eigenvalue weighted by atomic mass is 16.5. The summed E-state index contributed by atoms with van der Waals surface area (Å²) < 4.78 is 6.16. The molecule has 1 aromatic rings. The fourth-order valence-corrected chi connectivity index (χ4v) is 6.10. The van der Waals surface area contributed by atoms with Crippen molar-refractivity contribution in [2.75, 3.05) is 19.6 Å². The molecule has 1 aliphatic carbocycles. The summed E-state index contributed by atoms with van der Waals surface area (Å²) in [4.78, 5) is 44.6. The number of aliphatic imine (C=N–C) groups is 1. The van der Waals surface area contributed by atoms with Crippen molar-refractivity contribution in [2.24, 2.45) is 28.3 Å². The van der Waals surface area contributed by atoms with Crippen LogP contribution in [-0.4, -0.2) is 72.8 Å². The highest BCUT2D eigenvalue weighted by Gasteiger charge is 2.46. The molecule has 10 heteroatoms. The van der Waals surface area contributed by atoms with E-state index >= 15 is 0 Å². The van der Waals surface area contributed by atoms with Crippen LogP contribution < -0.4 is 26.8 Å². The van der Waals surface area contributed by atoms with Gasteiger partial charge in [-0.2, -0.15) is 0 Å². The van der Waals surface area contributed by atoms with E-state index in [9.17, 15) is 14.4 Å². The molecule has 3 aliphatic rings. The zero-order valence-electron chi connectivity index (χ0n) is 21.4. The number of rotatable bonds is 10. The first-order valence-corrected chi connectivity index (χ1v) is 13.5. The van der Waals surface area contributed by atoms with Crippen LogP contribution in [0.25, 0.3) is 0 Å². The number of nitrogens with two attached hydrogens (primary N) is 2. The van der Waals surface area contributed by atoms with E-state index in [1.54, 1.807) is 4.90 Å². The molecule has 0 aromatic heterocycles. The van der Waals surface area contributed by atoms with E-state index in [0.717, 1.165) is 32.1 Å². The zero-order valence-corrected chi connectivity index (χ0v) is 21.4. The molecule has 3 fully saturated rings. The standard InChI is InChI=1S/C27H40N6O4/c28-27(29)31-13-6-8-19(17-34)32-25(35)23-15-21(37-20-9-2-1-3-10-20)16-33(23)26(36)24-22-11-5-4-7-18(22)12-14-30-24/h1-3,9-10,17-19,21-24,30H,4-8,11-16H2,(H,32,35)(H4,28,29,31)/t18-,19-,21+,22-,23+,24+/m1/s1. The number of guanidine groups is 1. The van der Waals surface area contributed by atoms with Crippen LogP contribution >= 0.6 is 0 Å². The lowest BCUT2D eigenvalue weighted by Gasteiger charge is -2.43. The minimum atomic E-state index is -0.702. The fourth-order valence-electron chi connectivity index (χ4n) is 6.10. The third kappa shape index (κ3) is 7.00. The van der Waals surface area contributed by atoms with Crippen molar-refractivity contribution >= 4 is 24.1 Å². The molecule has 0 spiro atoms. The summed E-state index contributed by atoms with van der Waals surface area (Å²) in [7, 11) is 0. The molecule has 37 heavy (non-hydrogen) atoms. The number of benzene rings is 1. The van der Waals surface area contributed by atoms with Crippen LogP contribution in [-0.2, 0) is 14.4 Å². The number of piperidine rings is 1. The number of nitrogens with one attached hydrogen (secondary N) is 2. The van der Waals surface area contributed by atoms with Crippen LogP contribution in [0.15, 0.2) is 35.3 Å². The molecule has 1 aromatic carbocycles. The molecule has 2 aliphatic heterocycles. The summed E-state index contributed by atoms with van der Waals surface area (Å²) in [6, 6.07) is 7.77. The minimum Gasteiger partial charge on any atom is -0.488 e. The number of likely N-dealkylation sites (tertiary alicyclic amines) is 1. The molecule has 6 atom stereocenters. The van der Waals surface area contributed by atoms with Gasteiger partial charge in [-0.15, -0.1) is 0 Å². The van der Waals surface area contributed by atoms with Crippen molar-refractivity contribution in [3.05, 3.63) is 30.3 Å².